The molecule has 0 aliphatic rings. The number of phenolic OH excluding ortho intramolecular Hbond substituents is 2. The minimum atomic E-state index is -0.583. The normalized spacial score (nSPS) is 10.5. The second-order valence-electron chi connectivity index (χ2n) is 6.62. The van der Waals surface area contributed by atoms with E-state index in [9.17, 15) is 19.8 Å². The summed E-state index contributed by atoms with van der Waals surface area (Å²) >= 11 is 0. The molecule has 0 aromatic heterocycles. The van der Waals surface area contributed by atoms with Gasteiger partial charge in [0, 0.05) is 0 Å². The van der Waals surface area contributed by atoms with Crippen LogP contribution in [0.15, 0.2) is 67.3 Å². The number of rotatable bonds is 7. The summed E-state index contributed by atoms with van der Waals surface area (Å²) in [4.78, 5) is 26.2. The van der Waals surface area contributed by atoms with E-state index in [1.165, 1.54) is 19.2 Å². The third-order valence-electron chi connectivity index (χ3n) is 4.96. The van der Waals surface area contributed by atoms with Gasteiger partial charge in [-0.15, -0.1) is 0 Å². The fraction of sp³-hybridized carbons (Fsp3) is 0.120. The molecular formula is C25H22O5. The number of para-hydroxylation sites is 1. The van der Waals surface area contributed by atoms with Crippen molar-refractivity contribution in [2.75, 3.05) is 7.11 Å². The quantitative estimate of drug-likeness (QED) is 0.432. The molecule has 0 unspecified atom stereocenters. The zero-order chi connectivity index (χ0) is 21.8. The van der Waals surface area contributed by atoms with Crippen molar-refractivity contribution in [1.82, 2.24) is 0 Å². The number of carbonyl (C=O) groups is 2. The van der Waals surface area contributed by atoms with Crippen molar-refractivity contribution in [3.8, 4) is 28.4 Å². The van der Waals surface area contributed by atoms with E-state index in [0.717, 1.165) is 6.08 Å². The summed E-state index contributed by atoms with van der Waals surface area (Å²) < 4.78 is 5.55. The van der Waals surface area contributed by atoms with E-state index in [0.29, 0.717) is 11.1 Å². The first-order chi connectivity index (χ1) is 14.5. The first kappa shape index (κ1) is 20.9. The Morgan fingerprint density at radius 3 is 2.20 bits per heavy atom. The van der Waals surface area contributed by atoms with Gasteiger partial charge in [-0.05, 0) is 35.8 Å². The van der Waals surface area contributed by atoms with Crippen LogP contribution in [0, 0.1) is 0 Å². The molecule has 0 amide bonds. The zero-order valence-corrected chi connectivity index (χ0v) is 16.8. The van der Waals surface area contributed by atoms with Gasteiger partial charge in [-0.1, -0.05) is 56.0 Å². The molecule has 5 heteroatoms. The van der Waals surface area contributed by atoms with E-state index in [-0.39, 0.29) is 45.9 Å². The van der Waals surface area contributed by atoms with Crippen molar-refractivity contribution < 1.29 is 24.5 Å². The average molecular weight is 402 g/mol. The number of hydrogen-bond donors (Lipinski definition) is 2. The van der Waals surface area contributed by atoms with E-state index < -0.39 is 11.6 Å². The molecule has 0 heterocycles. The third-order valence-corrected chi connectivity index (χ3v) is 4.96. The van der Waals surface area contributed by atoms with Crippen LogP contribution in [0.5, 0.6) is 17.2 Å². The topological polar surface area (TPSA) is 83.8 Å². The molecule has 30 heavy (non-hydrogen) atoms. The predicted octanol–water partition coefficient (Wildman–Crippen LogP) is 4.94. The summed E-state index contributed by atoms with van der Waals surface area (Å²) in [6.45, 7) is 5.34. The highest BCUT2D eigenvalue weighted by Crippen LogP contribution is 2.46. The van der Waals surface area contributed by atoms with Crippen molar-refractivity contribution in [3.63, 3.8) is 0 Å². The van der Waals surface area contributed by atoms with Crippen molar-refractivity contribution in [3.05, 3.63) is 89.5 Å². The second kappa shape index (κ2) is 8.66. The maximum Gasteiger partial charge on any atom is 0.200 e. The zero-order valence-electron chi connectivity index (χ0n) is 16.8. The number of phenols is 2. The molecule has 0 aliphatic carbocycles. The molecule has 3 aromatic carbocycles. The lowest BCUT2D eigenvalue weighted by Gasteiger charge is -2.21. The van der Waals surface area contributed by atoms with E-state index in [1.54, 1.807) is 43.3 Å². The molecule has 3 rings (SSSR count). The Morgan fingerprint density at radius 1 is 1.00 bits per heavy atom. The molecule has 3 aromatic rings. The Morgan fingerprint density at radius 2 is 1.63 bits per heavy atom. The molecule has 0 fully saturated rings. The van der Waals surface area contributed by atoms with Crippen LogP contribution in [-0.2, 0) is 6.42 Å². The summed E-state index contributed by atoms with van der Waals surface area (Å²) in [5, 5.41) is 21.4. The molecule has 0 spiro atoms. The number of methoxy groups -OCH3 is 1. The Balaban J connectivity index is 2.48. The third kappa shape index (κ3) is 3.46. The van der Waals surface area contributed by atoms with Crippen molar-refractivity contribution >= 4 is 11.6 Å². The first-order valence-corrected chi connectivity index (χ1v) is 9.46. The summed E-state index contributed by atoms with van der Waals surface area (Å²) in [7, 11) is 1.41. The summed E-state index contributed by atoms with van der Waals surface area (Å²) in [6.07, 6.45) is 1.43. The molecule has 152 valence electrons. The van der Waals surface area contributed by atoms with Gasteiger partial charge in [-0.2, -0.15) is 0 Å². The van der Waals surface area contributed by atoms with Gasteiger partial charge in [-0.25, -0.2) is 0 Å². The van der Waals surface area contributed by atoms with Gasteiger partial charge in [0.25, 0.3) is 0 Å². The summed E-state index contributed by atoms with van der Waals surface area (Å²) in [6, 6.07) is 15.0. The van der Waals surface area contributed by atoms with Gasteiger partial charge in [0.15, 0.2) is 5.78 Å². The van der Waals surface area contributed by atoms with Crippen LogP contribution in [0.3, 0.4) is 0 Å². The minimum Gasteiger partial charge on any atom is -0.507 e. The Kier molecular flexibility index (Phi) is 6.02. The molecule has 0 atom stereocenters. The number of ether oxygens (including phenoxy) is 1. The number of aromatic hydroxyl groups is 2. The average Bonchev–Trinajstić information content (AvgIpc) is 2.77. The lowest BCUT2D eigenvalue weighted by Crippen LogP contribution is -2.14. The van der Waals surface area contributed by atoms with Gasteiger partial charge >= 0.3 is 0 Å². The van der Waals surface area contributed by atoms with Gasteiger partial charge in [0.1, 0.15) is 17.2 Å². The molecule has 0 saturated carbocycles. The predicted molar refractivity (Wildman–Crippen MR) is 116 cm³/mol. The fourth-order valence-electron chi connectivity index (χ4n) is 3.60. The highest BCUT2D eigenvalue weighted by Gasteiger charge is 2.31. The van der Waals surface area contributed by atoms with Gasteiger partial charge in [0.2, 0.25) is 5.78 Å². The molecule has 0 aliphatic heterocycles. The molecule has 2 N–H and O–H groups in total. The van der Waals surface area contributed by atoms with Crippen LogP contribution < -0.4 is 4.74 Å². The smallest absolute Gasteiger partial charge is 0.200 e. The number of carbonyl (C=O) groups excluding carboxylic acids is 2. The Labute approximate surface area is 174 Å². The lowest BCUT2D eigenvalue weighted by atomic mass is 9.85. The number of ketones is 2. The highest BCUT2D eigenvalue weighted by atomic mass is 16.5. The molecule has 0 bridgehead atoms. The second-order valence-corrected chi connectivity index (χ2v) is 6.62. The van der Waals surface area contributed by atoms with Crippen LogP contribution in [0.1, 0.15) is 38.8 Å². The maximum atomic E-state index is 13.4. The van der Waals surface area contributed by atoms with Crippen LogP contribution in [0.25, 0.3) is 11.1 Å². The van der Waals surface area contributed by atoms with E-state index in [4.69, 9.17) is 4.74 Å². The van der Waals surface area contributed by atoms with Crippen LogP contribution in [-0.4, -0.2) is 28.9 Å². The summed E-state index contributed by atoms with van der Waals surface area (Å²) in [5.41, 5.74) is 1.32. The molecule has 0 saturated heterocycles. The fourth-order valence-corrected chi connectivity index (χ4v) is 3.60. The van der Waals surface area contributed by atoms with E-state index in [2.05, 4.69) is 6.58 Å². The van der Waals surface area contributed by atoms with Gasteiger partial charge < -0.3 is 14.9 Å². The van der Waals surface area contributed by atoms with Crippen molar-refractivity contribution in [2.24, 2.45) is 0 Å². The molecule has 0 radical (unpaired) electrons. The van der Waals surface area contributed by atoms with Crippen molar-refractivity contribution in [1.29, 1.82) is 0 Å². The van der Waals surface area contributed by atoms with Crippen LogP contribution in [0.2, 0.25) is 0 Å². The SMILES string of the molecule is C=CC(=O)c1c(CC)c(C(=O)c2ccccc2O)c(O)c(-c2ccccc2)c1OC. The Bertz CT molecular complexity index is 1130. The number of hydrogen-bond acceptors (Lipinski definition) is 5. The van der Waals surface area contributed by atoms with Gasteiger partial charge in [-0.3, -0.25) is 9.59 Å². The maximum absolute atomic E-state index is 13.4. The van der Waals surface area contributed by atoms with Crippen LogP contribution >= 0.6 is 0 Å². The monoisotopic (exact) mass is 402 g/mol. The van der Waals surface area contributed by atoms with Crippen LogP contribution in [0.4, 0.5) is 0 Å². The van der Waals surface area contributed by atoms with Gasteiger partial charge in [0.05, 0.1) is 29.4 Å². The number of benzene rings is 3. The Hall–Kier alpha value is -3.86. The number of allylic oxidation sites excluding steroid dienone is 1. The lowest BCUT2D eigenvalue weighted by molar-refractivity contribution is 0.103. The first-order valence-electron chi connectivity index (χ1n) is 9.46. The standard InChI is InChI=1S/C25H22O5/c1-4-16-21(18(26)5-2)25(30-3)20(15-11-7-6-8-12-15)24(29)22(16)23(28)17-13-9-10-14-19(17)27/h5-14,27,29H,2,4H2,1,3H3. The van der Waals surface area contributed by atoms with Crippen molar-refractivity contribution in [2.45, 2.75) is 13.3 Å². The minimum absolute atomic E-state index is 0.0312. The van der Waals surface area contributed by atoms with E-state index >= 15 is 0 Å². The highest BCUT2D eigenvalue weighted by molar-refractivity contribution is 6.18. The largest absolute Gasteiger partial charge is 0.507 e. The molecule has 5 nitrogen and oxygen atoms in total. The van der Waals surface area contributed by atoms with E-state index in [1.807, 2.05) is 6.07 Å². The molecular weight excluding hydrogens is 380 g/mol. The summed E-state index contributed by atoms with van der Waals surface area (Å²) in [5.74, 6) is -1.34.